The molecular formula is C11H7F3N2O2. The number of hydrogen-bond donors (Lipinski definition) is 2. The number of halogens is 3. The fourth-order valence-corrected chi connectivity index (χ4v) is 1.43. The Morgan fingerprint density at radius 2 is 2.00 bits per heavy atom. The summed E-state index contributed by atoms with van der Waals surface area (Å²) < 4.78 is 37.1. The zero-order valence-corrected chi connectivity index (χ0v) is 8.82. The highest BCUT2D eigenvalue weighted by Crippen LogP contribution is 2.30. The predicted octanol–water partition coefficient (Wildman–Crippen LogP) is 2.79. The van der Waals surface area contributed by atoms with Crippen molar-refractivity contribution < 1.29 is 23.1 Å². The fraction of sp³-hybridized carbons (Fsp3) is 0.0909. The molecule has 1 aromatic heterocycles. The van der Waals surface area contributed by atoms with E-state index in [4.69, 9.17) is 5.11 Å². The molecule has 2 rings (SSSR count). The molecule has 0 saturated carbocycles. The molecule has 0 aliphatic heterocycles. The second-order valence-corrected chi connectivity index (χ2v) is 3.55. The van der Waals surface area contributed by atoms with E-state index in [1.165, 1.54) is 24.3 Å². The number of alkyl halides is 3. The first-order valence-corrected chi connectivity index (χ1v) is 4.84. The van der Waals surface area contributed by atoms with Crippen LogP contribution in [-0.2, 0) is 6.18 Å². The molecule has 94 valence electrons. The summed E-state index contributed by atoms with van der Waals surface area (Å²) in [6, 6.07) is 6.38. The maximum Gasteiger partial charge on any atom is 0.432 e. The summed E-state index contributed by atoms with van der Waals surface area (Å²) in [5, 5.41) is 14.2. The highest BCUT2D eigenvalue weighted by Gasteiger charge is 2.33. The summed E-state index contributed by atoms with van der Waals surface area (Å²) in [5.74, 6) is -1.15. The number of aromatic carboxylic acids is 1. The van der Waals surface area contributed by atoms with Crippen LogP contribution in [0.25, 0.3) is 11.3 Å². The summed E-state index contributed by atoms with van der Waals surface area (Å²) in [5.41, 5.74) is -0.630. The van der Waals surface area contributed by atoms with Crippen molar-refractivity contribution >= 4 is 5.97 Å². The number of carbonyl (C=O) groups is 1. The van der Waals surface area contributed by atoms with E-state index in [9.17, 15) is 18.0 Å². The first-order valence-electron chi connectivity index (χ1n) is 4.84. The number of nitrogens with zero attached hydrogens (tertiary/aromatic N) is 1. The van der Waals surface area contributed by atoms with Gasteiger partial charge in [0.25, 0.3) is 0 Å². The Balaban J connectivity index is 2.40. The second kappa shape index (κ2) is 4.17. The van der Waals surface area contributed by atoms with E-state index in [2.05, 4.69) is 5.10 Å². The highest BCUT2D eigenvalue weighted by molar-refractivity contribution is 5.89. The quantitative estimate of drug-likeness (QED) is 0.868. The van der Waals surface area contributed by atoms with Crippen LogP contribution >= 0.6 is 0 Å². The van der Waals surface area contributed by atoms with Gasteiger partial charge in [0.1, 0.15) is 5.69 Å². The lowest BCUT2D eigenvalue weighted by atomic mass is 10.1. The Morgan fingerprint density at radius 1 is 1.28 bits per heavy atom. The SMILES string of the molecule is O=C(O)c1cccc(-c2cc(C(F)(F)F)[nH]n2)c1. The molecular weight excluding hydrogens is 249 g/mol. The average Bonchev–Trinajstić information content (AvgIpc) is 2.78. The number of carboxylic acid groups (broad SMARTS) is 1. The van der Waals surface area contributed by atoms with Crippen LogP contribution in [0.5, 0.6) is 0 Å². The van der Waals surface area contributed by atoms with E-state index in [1.807, 2.05) is 5.10 Å². The summed E-state index contributed by atoms with van der Waals surface area (Å²) >= 11 is 0. The number of aromatic nitrogens is 2. The summed E-state index contributed by atoms with van der Waals surface area (Å²) in [6.45, 7) is 0. The van der Waals surface area contributed by atoms with Crippen LogP contribution in [0.4, 0.5) is 13.2 Å². The first kappa shape index (κ1) is 12.2. The van der Waals surface area contributed by atoms with Gasteiger partial charge in [-0.05, 0) is 18.2 Å². The van der Waals surface area contributed by atoms with E-state index >= 15 is 0 Å². The summed E-state index contributed by atoms with van der Waals surface area (Å²) in [6.07, 6.45) is -4.50. The van der Waals surface area contributed by atoms with Crippen LogP contribution in [0.1, 0.15) is 16.1 Å². The molecule has 0 atom stereocenters. The minimum Gasteiger partial charge on any atom is -0.478 e. The number of nitrogens with one attached hydrogen (secondary N) is 1. The molecule has 1 aromatic carbocycles. The Kier molecular flexibility index (Phi) is 2.82. The zero-order valence-electron chi connectivity index (χ0n) is 8.82. The van der Waals surface area contributed by atoms with Gasteiger partial charge in [0.05, 0.1) is 11.3 Å². The minimum atomic E-state index is -4.50. The molecule has 2 N–H and O–H groups in total. The summed E-state index contributed by atoms with van der Waals surface area (Å²) in [7, 11) is 0. The lowest BCUT2D eigenvalue weighted by Crippen LogP contribution is -2.04. The first-order chi connectivity index (χ1) is 8.38. The van der Waals surface area contributed by atoms with Gasteiger partial charge >= 0.3 is 12.1 Å². The third-order valence-electron chi connectivity index (χ3n) is 2.29. The van der Waals surface area contributed by atoms with Gasteiger partial charge in [-0.1, -0.05) is 12.1 Å². The highest BCUT2D eigenvalue weighted by atomic mass is 19.4. The third-order valence-corrected chi connectivity index (χ3v) is 2.29. The molecule has 4 nitrogen and oxygen atoms in total. The van der Waals surface area contributed by atoms with Crippen LogP contribution in [0, 0.1) is 0 Å². The largest absolute Gasteiger partial charge is 0.478 e. The predicted molar refractivity (Wildman–Crippen MR) is 56.0 cm³/mol. The van der Waals surface area contributed by atoms with Gasteiger partial charge in [0.15, 0.2) is 0 Å². The molecule has 2 aromatic rings. The van der Waals surface area contributed by atoms with E-state index in [1.54, 1.807) is 0 Å². The molecule has 0 saturated heterocycles. The van der Waals surface area contributed by atoms with Crippen LogP contribution in [0.3, 0.4) is 0 Å². The molecule has 0 aliphatic carbocycles. The van der Waals surface area contributed by atoms with Crippen molar-refractivity contribution in [3.63, 3.8) is 0 Å². The minimum absolute atomic E-state index is 0.0101. The average molecular weight is 256 g/mol. The third kappa shape index (κ3) is 2.34. The molecule has 0 unspecified atom stereocenters. The molecule has 0 bridgehead atoms. The van der Waals surface area contributed by atoms with E-state index in [0.717, 1.165) is 6.07 Å². The van der Waals surface area contributed by atoms with Crippen molar-refractivity contribution in [1.82, 2.24) is 10.2 Å². The number of carboxylic acids is 1. The van der Waals surface area contributed by atoms with Gasteiger partial charge in [-0.3, -0.25) is 5.10 Å². The molecule has 1 heterocycles. The summed E-state index contributed by atoms with van der Waals surface area (Å²) in [4.78, 5) is 10.7. The molecule has 0 radical (unpaired) electrons. The van der Waals surface area contributed by atoms with Crippen molar-refractivity contribution in [2.24, 2.45) is 0 Å². The van der Waals surface area contributed by atoms with E-state index in [-0.39, 0.29) is 11.3 Å². The van der Waals surface area contributed by atoms with Gasteiger partial charge in [0.2, 0.25) is 0 Å². The fourth-order valence-electron chi connectivity index (χ4n) is 1.43. The maximum atomic E-state index is 12.4. The van der Waals surface area contributed by atoms with Crippen molar-refractivity contribution in [3.8, 4) is 11.3 Å². The monoisotopic (exact) mass is 256 g/mol. The van der Waals surface area contributed by atoms with Gasteiger partial charge < -0.3 is 5.11 Å². The lowest BCUT2D eigenvalue weighted by Gasteiger charge is -2.00. The molecule has 0 amide bonds. The van der Waals surface area contributed by atoms with Crippen molar-refractivity contribution in [1.29, 1.82) is 0 Å². The molecule has 7 heteroatoms. The standard InChI is InChI=1S/C11H7F3N2O2/c12-11(13,14)9-5-8(15-16-9)6-2-1-3-7(4-6)10(17)18/h1-5H,(H,15,16)(H,17,18). The van der Waals surface area contributed by atoms with Crippen LogP contribution in [0.15, 0.2) is 30.3 Å². The maximum absolute atomic E-state index is 12.4. The van der Waals surface area contributed by atoms with Crippen molar-refractivity contribution in [3.05, 3.63) is 41.6 Å². The number of hydrogen-bond acceptors (Lipinski definition) is 2. The number of benzene rings is 1. The van der Waals surface area contributed by atoms with Gasteiger partial charge in [-0.25, -0.2) is 4.79 Å². The van der Waals surface area contributed by atoms with E-state index in [0.29, 0.717) is 5.56 Å². The molecule has 0 aliphatic rings. The normalized spacial score (nSPS) is 11.5. The van der Waals surface area contributed by atoms with Crippen molar-refractivity contribution in [2.75, 3.05) is 0 Å². The van der Waals surface area contributed by atoms with E-state index < -0.39 is 17.8 Å². The van der Waals surface area contributed by atoms with Gasteiger partial charge in [-0.15, -0.1) is 0 Å². The number of aromatic amines is 1. The second-order valence-electron chi connectivity index (χ2n) is 3.55. The van der Waals surface area contributed by atoms with Crippen molar-refractivity contribution in [2.45, 2.75) is 6.18 Å². The van der Waals surface area contributed by atoms with Crippen LogP contribution in [0.2, 0.25) is 0 Å². The number of rotatable bonds is 2. The number of H-pyrrole nitrogens is 1. The van der Waals surface area contributed by atoms with Crippen LogP contribution in [-0.4, -0.2) is 21.3 Å². The lowest BCUT2D eigenvalue weighted by molar-refractivity contribution is -0.141. The zero-order chi connectivity index (χ0) is 13.3. The Hall–Kier alpha value is -2.31. The van der Waals surface area contributed by atoms with Gasteiger partial charge in [-0.2, -0.15) is 18.3 Å². The Morgan fingerprint density at radius 3 is 2.56 bits per heavy atom. The topological polar surface area (TPSA) is 66.0 Å². The molecule has 18 heavy (non-hydrogen) atoms. The Bertz CT molecular complexity index is 590. The van der Waals surface area contributed by atoms with Gasteiger partial charge in [0, 0.05) is 5.56 Å². The molecule has 0 spiro atoms. The smallest absolute Gasteiger partial charge is 0.432 e. The molecule has 0 fully saturated rings. The Labute approximate surface area is 99.1 Å². The van der Waals surface area contributed by atoms with Crippen LogP contribution < -0.4 is 0 Å².